The van der Waals surface area contributed by atoms with Crippen molar-refractivity contribution in [2.75, 3.05) is 0 Å². The second kappa shape index (κ2) is 3.95. The van der Waals surface area contributed by atoms with Crippen LogP contribution in [0.5, 0.6) is 0 Å². The van der Waals surface area contributed by atoms with Crippen molar-refractivity contribution in [3.05, 3.63) is 35.9 Å². The van der Waals surface area contributed by atoms with Crippen LogP contribution in [0, 0.1) is 0 Å². The Hall–Kier alpha value is -1.06. The van der Waals surface area contributed by atoms with Crippen LogP contribution >= 0.6 is 11.9 Å². The minimum absolute atomic E-state index is 0.396. The van der Waals surface area contributed by atoms with Crippen molar-refractivity contribution >= 4 is 17.8 Å². The van der Waals surface area contributed by atoms with E-state index >= 15 is 0 Å². The number of carbonyl (C=O) groups excluding carboxylic acids is 1. The Morgan fingerprint density at radius 2 is 1.91 bits per heavy atom. The fourth-order valence-corrected chi connectivity index (χ4v) is 0.708. The zero-order valence-electron chi connectivity index (χ0n) is 5.49. The lowest BCUT2D eigenvalue weighted by Crippen LogP contribution is -2.01. The van der Waals surface area contributed by atoms with Gasteiger partial charge in [0, 0.05) is 0 Å². The van der Waals surface area contributed by atoms with Gasteiger partial charge in [-0.25, -0.2) is 4.79 Å². The van der Waals surface area contributed by atoms with Gasteiger partial charge in [-0.1, -0.05) is 22.6 Å². The van der Waals surface area contributed by atoms with Crippen LogP contribution in [0.4, 0.5) is 0 Å². The summed E-state index contributed by atoms with van der Waals surface area (Å²) in [5, 5.41) is 0. The molecule has 0 N–H and O–H groups in total. The maximum Gasteiger partial charge on any atom is 0.375 e. The van der Waals surface area contributed by atoms with Crippen molar-refractivity contribution < 1.29 is 14.1 Å². The molecule has 0 amide bonds. The third-order valence-electron chi connectivity index (χ3n) is 1.12. The topological polar surface area (TPSA) is 35.5 Å². The van der Waals surface area contributed by atoms with E-state index in [0.717, 1.165) is 0 Å². The summed E-state index contributed by atoms with van der Waals surface area (Å²) in [6, 6.07) is 8.41. The van der Waals surface area contributed by atoms with Gasteiger partial charge in [0.05, 0.1) is 5.56 Å². The van der Waals surface area contributed by atoms with E-state index in [1.807, 2.05) is 0 Å². The second-order valence-corrected chi connectivity index (χ2v) is 1.93. The van der Waals surface area contributed by atoms with Crippen molar-refractivity contribution in [1.29, 1.82) is 0 Å². The van der Waals surface area contributed by atoms with Gasteiger partial charge in [0.1, 0.15) is 11.9 Å². The summed E-state index contributed by atoms with van der Waals surface area (Å²) in [6.45, 7) is 0. The molecule has 0 unspecified atom stereocenters. The van der Waals surface area contributed by atoms with E-state index in [4.69, 9.17) is 11.9 Å². The zero-order valence-corrected chi connectivity index (χ0v) is 6.25. The number of carbonyl (C=O) groups is 1. The van der Waals surface area contributed by atoms with Gasteiger partial charge in [0.15, 0.2) is 0 Å². The van der Waals surface area contributed by atoms with Crippen molar-refractivity contribution in [2.45, 2.75) is 0 Å². The smallest absolute Gasteiger partial charge is 0.275 e. The summed E-state index contributed by atoms with van der Waals surface area (Å²) in [4.78, 5) is 14.9. The molecular formula is C7H5ClO3. The van der Waals surface area contributed by atoms with E-state index in [1.54, 1.807) is 30.3 Å². The average molecular weight is 173 g/mol. The van der Waals surface area contributed by atoms with Gasteiger partial charge in [0.25, 0.3) is 0 Å². The van der Waals surface area contributed by atoms with E-state index < -0.39 is 5.97 Å². The largest absolute Gasteiger partial charge is 0.375 e. The summed E-state index contributed by atoms with van der Waals surface area (Å²) in [7, 11) is 0. The average Bonchev–Trinajstić information content (AvgIpc) is 2.07. The first-order valence-electron chi connectivity index (χ1n) is 2.89. The summed E-state index contributed by atoms with van der Waals surface area (Å²) in [5.74, 6) is -0.611. The molecule has 0 fully saturated rings. The number of hydrogen-bond acceptors (Lipinski definition) is 3. The first-order valence-corrected chi connectivity index (χ1v) is 3.20. The fraction of sp³-hybridized carbons (Fsp3) is 0. The Bertz CT molecular complexity index is 235. The van der Waals surface area contributed by atoms with E-state index in [9.17, 15) is 4.79 Å². The minimum Gasteiger partial charge on any atom is -0.275 e. The lowest BCUT2D eigenvalue weighted by Gasteiger charge is -1.95. The zero-order chi connectivity index (χ0) is 8.10. The summed E-state index contributed by atoms with van der Waals surface area (Å²) in [5.41, 5.74) is 0.396. The molecule has 1 aromatic rings. The molecule has 0 spiro atoms. The van der Waals surface area contributed by atoms with Crippen LogP contribution < -0.4 is 0 Å². The highest BCUT2D eigenvalue weighted by Crippen LogP contribution is 2.01. The number of benzene rings is 1. The monoisotopic (exact) mass is 172 g/mol. The predicted octanol–water partition coefficient (Wildman–Crippen LogP) is 1.93. The molecule has 0 radical (unpaired) electrons. The molecular weight excluding hydrogens is 168 g/mol. The van der Waals surface area contributed by atoms with Crippen molar-refractivity contribution in [2.24, 2.45) is 0 Å². The molecule has 0 atom stereocenters. The summed E-state index contributed by atoms with van der Waals surface area (Å²) < 4.78 is 3.68. The molecule has 0 saturated heterocycles. The van der Waals surface area contributed by atoms with Crippen LogP contribution in [0.25, 0.3) is 0 Å². The van der Waals surface area contributed by atoms with Crippen LogP contribution in [0.3, 0.4) is 0 Å². The SMILES string of the molecule is O=C(OOCl)c1ccccc1. The third-order valence-corrected chi connectivity index (χ3v) is 1.18. The molecule has 58 valence electrons. The Morgan fingerprint density at radius 3 is 2.45 bits per heavy atom. The molecule has 0 bridgehead atoms. The molecule has 0 saturated carbocycles. The first kappa shape index (κ1) is 8.04. The molecule has 3 nitrogen and oxygen atoms in total. The van der Waals surface area contributed by atoms with Crippen molar-refractivity contribution in [3.63, 3.8) is 0 Å². The molecule has 11 heavy (non-hydrogen) atoms. The molecule has 4 heteroatoms. The second-order valence-electron chi connectivity index (χ2n) is 1.80. The standard InChI is InChI=1S/C7H5ClO3/c8-11-10-7(9)6-4-2-1-3-5-6/h1-5H. The van der Waals surface area contributed by atoms with E-state index in [-0.39, 0.29) is 0 Å². The maximum absolute atomic E-state index is 10.8. The van der Waals surface area contributed by atoms with Gasteiger partial charge in [-0.2, -0.15) is 0 Å². The Kier molecular flexibility index (Phi) is 2.89. The van der Waals surface area contributed by atoms with Crippen molar-refractivity contribution in [3.8, 4) is 0 Å². The van der Waals surface area contributed by atoms with E-state index in [2.05, 4.69) is 9.33 Å². The van der Waals surface area contributed by atoms with Crippen LogP contribution in [0.1, 0.15) is 10.4 Å². The molecule has 0 heterocycles. The van der Waals surface area contributed by atoms with E-state index in [1.165, 1.54) is 0 Å². The highest BCUT2D eigenvalue weighted by Gasteiger charge is 2.05. The van der Waals surface area contributed by atoms with Crippen LogP contribution in [-0.4, -0.2) is 5.97 Å². The Morgan fingerprint density at radius 1 is 1.27 bits per heavy atom. The van der Waals surface area contributed by atoms with Crippen LogP contribution in [-0.2, 0) is 9.33 Å². The molecule has 0 aliphatic heterocycles. The fourth-order valence-electron chi connectivity index (χ4n) is 0.651. The molecule has 0 aliphatic rings. The Labute approximate surface area is 68.6 Å². The van der Waals surface area contributed by atoms with Crippen molar-refractivity contribution in [1.82, 2.24) is 0 Å². The molecule has 1 aromatic carbocycles. The van der Waals surface area contributed by atoms with Gasteiger partial charge < -0.3 is 0 Å². The van der Waals surface area contributed by atoms with Gasteiger partial charge in [0.2, 0.25) is 0 Å². The summed E-state index contributed by atoms with van der Waals surface area (Å²) in [6.07, 6.45) is 0. The molecule has 0 aromatic heterocycles. The van der Waals surface area contributed by atoms with Crippen LogP contribution in [0.15, 0.2) is 30.3 Å². The Balaban J connectivity index is 2.69. The van der Waals surface area contributed by atoms with Crippen LogP contribution in [0.2, 0.25) is 0 Å². The lowest BCUT2D eigenvalue weighted by molar-refractivity contribution is -0.144. The number of halogens is 1. The molecule has 0 aliphatic carbocycles. The predicted molar refractivity (Wildman–Crippen MR) is 38.8 cm³/mol. The number of hydrogen-bond donors (Lipinski definition) is 0. The normalized spacial score (nSPS) is 9.18. The van der Waals surface area contributed by atoms with Gasteiger partial charge in [-0.15, -0.1) is 0 Å². The van der Waals surface area contributed by atoms with Gasteiger partial charge in [-0.05, 0) is 12.1 Å². The highest BCUT2D eigenvalue weighted by atomic mass is 35.5. The molecule has 1 rings (SSSR count). The maximum atomic E-state index is 10.8. The highest BCUT2D eigenvalue weighted by molar-refractivity contribution is 6.07. The van der Waals surface area contributed by atoms with Gasteiger partial charge >= 0.3 is 5.97 Å². The minimum atomic E-state index is -0.611. The quantitative estimate of drug-likeness (QED) is 0.505. The summed E-state index contributed by atoms with van der Waals surface area (Å²) >= 11 is 4.70. The lowest BCUT2D eigenvalue weighted by atomic mass is 10.2. The van der Waals surface area contributed by atoms with E-state index in [0.29, 0.717) is 5.56 Å². The van der Waals surface area contributed by atoms with Gasteiger partial charge in [-0.3, -0.25) is 4.89 Å². The first-order chi connectivity index (χ1) is 5.34. The third kappa shape index (κ3) is 2.22. The number of rotatable bonds is 2.